The van der Waals surface area contributed by atoms with Gasteiger partial charge < -0.3 is 0 Å². The summed E-state index contributed by atoms with van der Waals surface area (Å²) in [5.41, 5.74) is -0.0563. The number of hydrogen-bond acceptors (Lipinski definition) is 2. The highest BCUT2D eigenvalue weighted by Crippen LogP contribution is 2.13. The highest BCUT2D eigenvalue weighted by atomic mass is 19.1. The quantitative estimate of drug-likeness (QED) is 0.753. The van der Waals surface area contributed by atoms with Crippen molar-refractivity contribution in [3.63, 3.8) is 0 Å². The van der Waals surface area contributed by atoms with Gasteiger partial charge in [0, 0.05) is 12.1 Å². The Bertz CT molecular complexity index is 432. The van der Waals surface area contributed by atoms with E-state index < -0.39 is 11.6 Å². The van der Waals surface area contributed by atoms with Gasteiger partial charge in [-0.3, -0.25) is 9.69 Å². The van der Waals surface area contributed by atoms with Crippen molar-refractivity contribution in [2.24, 2.45) is 5.92 Å². The number of halogens is 2. The van der Waals surface area contributed by atoms with Crippen LogP contribution in [0.15, 0.2) is 18.2 Å². The second kappa shape index (κ2) is 6.05. The molecular formula is C14H19F2NO. The molecule has 1 rings (SSSR count). The predicted octanol–water partition coefficient (Wildman–Crippen LogP) is 3.12. The topological polar surface area (TPSA) is 20.3 Å². The molecule has 0 saturated heterocycles. The molecule has 1 aromatic rings. The fourth-order valence-corrected chi connectivity index (χ4v) is 1.68. The van der Waals surface area contributed by atoms with E-state index in [4.69, 9.17) is 0 Å². The molecule has 0 heterocycles. The van der Waals surface area contributed by atoms with E-state index in [1.54, 1.807) is 0 Å². The van der Waals surface area contributed by atoms with E-state index in [0.717, 1.165) is 12.1 Å². The molecule has 0 bridgehead atoms. The first-order valence-corrected chi connectivity index (χ1v) is 6.01. The second-order valence-corrected chi connectivity index (χ2v) is 4.95. The van der Waals surface area contributed by atoms with Crippen molar-refractivity contribution in [1.82, 2.24) is 4.90 Å². The molecule has 4 heteroatoms. The van der Waals surface area contributed by atoms with Crippen LogP contribution in [0.1, 0.15) is 31.1 Å². The fraction of sp³-hybridized carbons (Fsp3) is 0.500. The van der Waals surface area contributed by atoms with Gasteiger partial charge in [0.1, 0.15) is 11.6 Å². The van der Waals surface area contributed by atoms with E-state index in [1.807, 2.05) is 18.9 Å². The molecule has 2 nitrogen and oxygen atoms in total. The lowest BCUT2D eigenvalue weighted by atomic mass is 10.0. The number of rotatable bonds is 5. The first-order valence-electron chi connectivity index (χ1n) is 6.01. The molecule has 1 unspecified atom stereocenters. The van der Waals surface area contributed by atoms with Crippen LogP contribution in [0.5, 0.6) is 0 Å². The molecule has 1 aromatic carbocycles. The van der Waals surface area contributed by atoms with Crippen molar-refractivity contribution >= 4 is 5.78 Å². The van der Waals surface area contributed by atoms with Gasteiger partial charge in [-0.25, -0.2) is 8.78 Å². The minimum Gasteiger partial charge on any atom is -0.296 e. The van der Waals surface area contributed by atoms with Gasteiger partial charge >= 0.3 is 0 Å². The van der Waals surface area contributed by atoms with Crippen molar-refractivity contribution in [2.75, 3.05) is 13.6 Å². The van der Waals surface area contributed by atoms with Gasteiger partial charge in [-0.05, 0) is 32.0 Å². The molecule has 18 heavy (non-hydrogen) atoms. The zero-order valence-corrected chi connectivity index (χ0v) is 11.2. The molecule has 0 amide bonds. The average Bonchev–Trinajstić information content (AvgIpc) is 2.27. The Morgan fingerprint density at radius 2 is 1.89 bits per heavy atom. The van der Waals surface area contributed by atoms with Crippen LogP contribution in [0.3, 0.4) is 0 Å². The van der Waals surface area contributed by atoms with Crippen molar-refractivity contribution in [2.45, 2.75) is 26.8 Å². The van der Waals surface area contributed by atoms with Gasteiger partial charge in [-0.15, -0.1) is 0 Å². The minimum atomic E-state index is -0.800. The molecule has 0 aliphatic heterocycles. The lowest BCUT2D eigenvalue weighted by molar-refractivity contribution is 0.0903. The molecule has 0 radical (unpaired) electrons. The van der Waals surface area contributed by atoms with Crippen LogP contribution >= 0.6 is 0 Å². The van der Waals surface area contributed by atoms with Gasteiger partial charge in [0.25, 0.3) is 0 Å². The lowest BCUT2D eigenvalue weighted by Crippen LogP contribution is -2.37. The van der Waals surface area contributed by atoms with Gasteiger partial charge in [0.15, 0.2) is 5.78 Å². The minimum absolute atomic E-state index is 0.0563. The second-order valence-electron chi connectivity index (χ2n) is 4.95. The summed E-state index contributed by atoms with van der Waals surface area (Å²) >= 11 is 0. The molecular weight excluding hydrogens is 236 g/mol. The summed E-state index contributed by atoms with van der Waals surface area (Å²) < 4.78 is 26.2. The van der Waals surface area contributed by atoms with Crippen LogP contribution in [0.2, 0.25) is 0 Å². The van der Waals surface area contributed by atoms with Crippen molar-refractivity contribution < 1.29 is 13.6 Å². The Labute approximate surface area is 107 Å². The normalized spacial score (nSPS) is 13.1. The Morgan fingerprint density at radius 3 is 2.39 bits per heavy atom. The van der Waals surface area contributed by atoms with Crippen LogP contribution < -0.4 is 0 Å². The Morgan fingerprint density at radius 1 is 1.28 bits per heavy atom. The first-order chi connectivity index (χ1) is 8.32. The summed E-state index contributed by atoms with van der Waals surface area (Å²) in [6.07, 6.45) is 0. The number of carbonyl (C=O) groups excluding carboxylic acids is 1. The van der Waals surface area contributed by atoms with Crippen LogP contribution in [0.25, 0.3) is 0 Å². The molecule has 0 aliphatic rings. The van der Waals surface area contributed by atoms with Gasteiger partial charge in [-0.2, -0.15) is 0 Å². The number of ketones is 1. The maximum absolute atomic E-state index is 13.4. The summed E-state index contributed by atoms with van der Waals surface area (Å²) in [6, 6.07) is 3.25. The monoisotopic (exact) mass is 255 g/mol. The SMILES string of the molecule is CC(C)C(C)N(C)CC(=O)c1ccc(F)cc1F. The van der Waals surface area contributed by atoms with Gasteiger partial charge in [0.05, 0.1) is 12.1 Å². The van der Waals surface area contributed by atoms with E-state index in [1.165, 1.54) is 6.07 Å². The molecule has 0 aliphatic carbocycles. The third-order valence-corrected chi connectivity index (χ3v) is 3.28. The number of carbonyl (C=O) groups is 1. The van der Waals surface area contributed by atoms with Crippen molar-refractivity contribution in [3.05, 3.63) is 35.4 Å². The van der Waals surface area contributed by atoms with Crippen molar-refractivity contribution in [3.8, 4) is 0 Å². The third kappa shape index (κ3) is 3.60. The fourth-order valence-electron chi connectivity index (χ4n) is 1.68. The molecule has 1 atom stereocenters. The maximum atomic E-state index is 13.4. The Balaban J connectivity index is 2.76. The van der Waals surface area contributed by atoms with Crippen LogP contribution in [0.4, 0.5) is 8.78 Å². The smallest absolute Gasteiger partial charge is 0.179 e. The van der Waals surface area contributed by atoms with E-state index in [0.29, 0.717) is 5.92 Å². The zero-order valence-electron chi connectivity index (χ0n) is 11.2. The van der Waals surface area contributed by atoms with Crippen LogP contribution in [-0.4, -0.2) is 30.3 Å². The standard InChI is InChI=1S/C14H19F2NO/c1-9(2)10(3)17(4)8-14(18)12-6-5-11(15)7-13(12)16/h5-7,9-10H,8H2,1-4H3. The summed E-state index contributed by atoms with van der Waals surface area (Å²) in [4.78, 5) is 13.8. The number of nitrogens with zero attached hydrogens (tertiary/aromatic N) is 1. The highest BCUT2D eigenvalue weighted by molar-refractivity contribution is 5.97. The third-order valence-electron chi connectivity index (χ3n) is 3.28. The number of hydrogen-bond donors (Lipinski definition) is 0. The number of benzene rings is 1. The van der Waals surface area contributed by atoms with E-state index in [2.05, 4.69) is 13.8 Å². The molecule has 100 valence electrons. The molecule has 0 N–H and O–H groups in total. The molecule has 0 spiro atoms. The number of Topliss-reactive ketones (excluding diaryl/α,β-unsaturated/α-hetero) is 1. The van der Waals surface area contributed by atoms with Gasteiger partial charge in [-0.1, -0.05) is 13.8 Å². The summed E-state index contributed by atoms with van der Waals surface area (Å²) in [6.45, 7) is 6.26. The lowest BCUT2D eigenvalue weighted by Gasteiger charge is -2.27. The first kappa shape index (κ1) is 14.8. The average molecular weight is 255 g/mol. The van der Waals surface area contributed by atoms with E-state index >= 15 is 0 Å². The molecule has 0 fully saturated rings. The van der Waals surface area contributed by atoms with E-state index in [9.17, 15) is 13.6 Å². The zero-order chi connectivity index (χ0) is 13.9. The van der Waals surface area contributed by atoms with Crippen LogP contribution in [-0.2, 0) is 0 Å². The van der Waals surface area contributed by atoms with Crippen LogP contribution in [0, 0.1) is 17.6 Å². The van der Waals surface area contributed by atoms with Gasteiger partial charge in [0.2, 0.25) is 0 Å². The van der Waals surface area contributed by atoms with E-state index in [-0.39, 0.29) is 23.9 Å². The summed E-state index contributed by atoms with van der Waals surface area (Å²) in [7, 11) is 1.82. The summed E-state index contributed by atoms with van der Waals surface area (Å²) in [5.74, 6) is -1.40. The largest absolute Gasteiger partial charge is 0.296 e. The number of likely N-dealkylation sites (N-methyl/N-ethyl adjacent to an activating group) is 1. The Kier molecular flexibility index (Phi) is 4.96. The van der Waals surface area contributed by atoms with Crippen molar-refractivity contribution in [1.29, 1.82) is 0 Å². The molecule has 0 aromatic heterocycles. The highest BCUT2D eigenvalue weighted by Gasteiger charge is 2.19. The maximum Gasteiger partial charge on any atom is 0.179 e. The predicted molar refractivity (Wildman–Crippen MR) is 67.6 cm³/mol. The summed E-state index contributed by atoms with van der Waals surface area (Å²) in [5, 5.41) is 0. The molecule has 0 saturated carbocycles. The Hall–Kier alpha value is -1.29.